The molecule has 0 spiro atoms. The Kier molecular flexibility index (Phi) is 5.11. The fraction of sp³-hybridized carbons (Fsp3) is 0.643. The number of nitrogens with two attached hydrogens (primary N) is 1. The minimum absolute atomic E-state index is 0.429. The van der Waals surface area contributed by atoms with Gasteiger partial charge in [-0.1, -0.05) is 6.07 Å². The van der Waals surface area contributed by atoms with Gasteiger partial charge in [-0.05, 0) is 50.5 Å². The molecule has 1 fully saturated rings. The molecule has 1 atom stereocenters. The maximum Gasteiger partial charge on any atom is 0.0362 e. The van der Waals surface area contributed by atoms with Gasteiger partial charge in [0, 0.05) is 31.5 Å². The summed E-state index contributed by atoms with van der Waals surface area (Å²) in [6.45, 7) is 4.13. The molecule has 2 heterocycles. The Labute approximate surface area is 110 Å². The predicted octanol–water partition coefficient (Wildman–Crippen LogP) is 1.01. The highest BCUT2D eigenvalue weighted by molar-refractivity contribution is 5.15. The molecule has 0 saturated carbocycles. The zero-order valence-corrected chi connectivity index (χ0v) is 11.2. The summed E-state index contributed by atoms with van der Waals surface area (Å²) in [5.74, 6) is 0.702. The van der Waals surface area contributed by atoms with Crippen molar-refractivity contribution in [2.75, 3.05) is 33.2 Å². The molecule has 1 aromatic rings. The van der Waals surface area contributed by atoms with E-state index in [1.165, 1.54) is 31.5 Å². The summed E-state index contributed by atoms with van der Waals surface area (Å²) in [5.41, 5.74) is 6.91. The van der Waals surface area contributed by atoms with E-state index in [1.807, 2.05) is 25.5 Å². The molecule has 0 bridgehead atoms. The number of nitrogens with one attached hydrogen (secondary N) is 1. The molecule has 4 heteroatoms. The second kappa shape index (κ2) is 6.83. The van der Waals surface area contributed by atoms with Gasteiger partial charge in [-0.2, -0.15) is 0 Å². The molecule has 1 unspecified atom stereocenters. The Morgan fingerprint density at radius 1 is 1.50 bits per heavy atom. The van der Waals surface area contributed by atoms with Gasteiger partial charge in [0.2, 0.25) is 0 Å². The number of pyridine rings is 1. The lowest BCUT2D eigenvalue weighted by Crippen LogP contribution is -2.40. The molecular formula is C14H24N4. The van der Waals surface area contributed by atoms with Crippen LogP contribution in [0.25, 0.3) is 0 Å². The van der Waals surface area contributed by atoms with Gasteiger partial charge in [0.1, 0.15) is 0 Å². The van der Waals surface area contributed by atoms with Gasteiger partial charge in [-0.3, -0.25) is 4.98 Å². The van der Waals surface area contributed by atoms with Crippen molar-refractivity contribution in [2.24, 2.45) is 11.7 Å². The van der Waals surface area contributed by atoms with Crippen molar-refractivity contribution in [3.05, 3.63) is 30.1 Å². The van der Waals surface area contributed by atoms with E-state index in [0.717, 1.165) is 13.1 Å². The number of likely N-dealkylation sites (tertiary alicyclic amines) is 1. The van der Waals surface area contributed by atoms with Crippen LogP contribution in [0.5, 0.6) is 0 Å². The highest BCUT2D eigenvalue weighted by Gasteiger charge is 2.26. The van der Waals surface area contributed by atoms with Gasteiger partial charge in [0.25, 0.3) is 0 Å². The van der Waals surface area contributed by atoms with Gasteiger partial charge >= 0.3 is 0 Å². The number of nitrogens with zero attached hydrogens (tertiary/aromatic N) is 2. The first kappa shape index (κ1) is 13.5. The van der Waals surface area contributed by atoms with Gasteiger partial charge in [0.15, 0.2) is 0 Å². The molecule has 0 aromatic carbocycles. The molecular weight excluding hydrogens is 224 g/mol. The van der Waals surface area contributed by atoms with E-state index >= 15 is 0 Å². The number of rotatable bonds is 5. The Bertz CT molecular complexity index is 333. The SMILES string of the molecule is CNC(c1cccnc1)C1CCN(CCN)CC1. The van der Waals surface area contributed by atoms with E-state index in [1.54, 1.807) is 0 Å². The fourth-order valence-electron chi connectivity index (χ4n) is 2.93. The number of hydrogen-bond donors (Lipinski definition) is 2. The molecule has 3 N–H and O–H groups in total. The molecule has 1 aliphatic rings. The van der Waals surface area contributed by atoms with Crippen LogP contribution in [0.2, 0.25) is 0 Å². The maximum atomic E-state index is 5.61. The normalized spacial score (nSPS) is 19.9. The second-order valence-electron chi connectivity index (χ2n) is 5.02. The van der Waals surface area contributed by atoms with Gasteiger partial charge < -0.3 is 16.0 Å². The van der Waals surface area contributed by atoms with Crippen LogP contribution in [0, 0.1) is 5.92 Å². The van der Waals surface area contributed by atoms with Crippen LogP contribution in [0.3, 0.4) is 0 Å². The first-order valence-electron chi connectivity index (χ1n) is 6.84. The minimum atomic E-state index is 0.429. The predicted molar refractivity (Wildman–Crippen MR) is 74.3 cm³/mol. The second-order valence-corrected chi connectivity index (χ2v) is 5.02. The van der Waals surface area contributed by atoms with Crippen molar-refractivity contribution in [3.8, 4) is 0 Å². The first-order chi connectivity index (χ1) is 8.85. The molecule has 0 radical (unpaired) electrons. The highest BCUT2D eigenvalue weighted by Crippen LogP contribution is 2.29. The van der Waals surface area contributed by atoms with E-state index in [9.17, 15) is 0 Å². The third-order valence-corrected chi connectivity index (χ3v) is 3.90. The Hall–Kier alpha value is -0.970. The molecule has 0 amide bonds. The summed E-state index contributed by atoms with van der Waals surface area (Å²) in [5, 5.41) is 3.45. The van der Waals surface area contributed by atoms with Crippen LogP contribution in [-0.4, -0.2) is 43.1 Å². The number of piperidine rings is 1. The monoisotopic (exact) mass is 248 g/mol. The third-order valence-electron chi connectivity index (χ3n) is 3.90. The Morgan fingerprint density at radius 3 is 2.83 bits per heavy atom. The van der Waals surface area contributed by atoms with Crippen LogP contribution < -0.4 is 11.1 Å². The van der Waals surface area contributed by atoms with Gasteiger partial charge in [-0.15, -0.1) is 0 Å². The summed E-state index contributed by atoms with van der Waals surface area (Å²) >= 11 is 0. The lowest BCUT2D eigenvalue weighted by atomic mass is 9.86. The molecule has 2 rings (SSSR count). The van der Waals surface area contributed by atoms with Crippen molar-refractivity contribution in [2.45, 2.75) is 18.9 Å². The van der Waals surface area contributed by atoms with Crippen LogP contribution in [-0.2, 0) is 0 Å². The van der Waals surface area contributed by atoms with Crippen LogP contribution >= 0.6 is 0 Å². The van der Waals surface area contributed by atoms with Gasteiger partial charge in [-0.25, -0.2) is 0 Å². The van der Waals surface area contributed by atoms with Crippen molar-refractivity contribution in [1.29, 1.82) is 0 Å². The van der Waals surface area contributed by atoms with Crippen LogP contribution in [0.15, 0.2) is 24.5 Å². The molecule has 4 nitrogen and oxygen atoms in total. The topological polar surface area (TPSA) is 54.2 Å². The van der Waals surface area contributed by atoms with Crippen molar-refractivity contribution in [3.63, 3.8) is 0 Å². The number of aromatic nitrogens is 1. The first-order valence-corrected chi connectivity index (χ1v) is 6.84. The van der Waals surface area contributed by atoms with E-state index < -0.39 is 0 Å². The van der Waals surface area contributed by atoms with E-state index in [4.69, 9.17) is 5.73 Å². The smallest absolute Gasteiger partial charge is 0.0362 e. The lowest BCUT2D eigenvalue weighted by molar-refractivity contribution is 0.164. The van der Waals surface area contributed by atoms with E-state index in [-0.39, 0.29) is 0 Å². The average molecular weight is 248 g/mol. The summed E-state index contributed by atoms with van der Waals surface area (Å²) in [4.78, 5) is 6.69. The standard InChI is InChI=1S/C14H24N4/c1-16-14(13-3-2-7-17-11-13)12-4-8-18(9-5-12)10-6-15/h2-3,7,11-12,14,16H,4-6,8-10,15H2,1H3. The molecule has 0 aliphatic carbocycles. The summed E-state index contributed by atoms with van der Waals surface area (Å²) < 4.78 is 0. The van der Waals surface area contributed by atoms with Crippen molar-refractivity contribution in [1.82, 2.24) is 15.2 Å². The Morgan fingerprint density at radius 2 is 2.28 bits per heavy atom. The minimum Gasteiger partial charge on any atom is -0.329 e. The van der Waals surface area contributed by atoms with E-state index in [2.05, 4.69) is 21.3 Å². The zero-order valence-electron chi connectivity index (χ0n) is 11.2. The van der Waals surface area contributed by atoms with Crippen LogP contribution in [0.1, 0.15) is 24.4 Å². The maximum absolute atomic E-state index is 5.61. The summed E-state index contributed by atoms with van der Waals surface area (Å²) in [6.07, 6.45) is 6.29. The van der Waals surface area contributed by atoms with Crippen LogP contribution in [0.4, 0.5) is 0 Å². The van der Waals surface area contributed by atoms with E-state index in [0.29, 0.717) is 12.0 Å². The zero-order chi connectivity index (χ0) is 12.8. The summed E-state index contributed by atoms with van der Waals surface area (Å²) in [6, 6.07) is 4.61. The molecule has 1 aliphatic heterocycles. The molecule has 100 valence electrons. The average Bonchev–Trinajstić information content (AvgIpc) is 2.43. The van der Waals surface area contributed by atoms with Crippen molar-refractivity contribution >= 4 is 0 Å². The third kappa shape index (κ3) is 3.28. The van der Waals surface area contributed by atoms with Crippen molar-refractivity contribution < 1.29 is 0 Å². The number of hydrogen-bond acceptors (Lipinski definition) is 4. The fourth-order valence-corrected chi connectivity index (χ4v) is 2.93. The largest absolute Gasteiger partial charge is 0.329 e. The molecule has 1 aromatic heterocycles. The van der Waals surface area contributed by atoms with Gasteiger partial charge in [0.05, 0.1) is 0 Å². The lowest BCUT2D eigenvalue weighted by Gasteiger charge is -2.36. The molecule has 1 saturated heterocycles. The highest BCUT2D eigenvalue weighted by atomic mass is 15.1. The summed E-state index contributed by atoms with van der Waals surface area (Å²) in [7, 11) is 2.05. The molecule has 18 heavy (non-hydrogen) atoms. The Balaban J connectivity index is 1.95. The quantitative estimate of drug-likeness (QED) is 0.816.